The Hall–Kier alpha value is -1.16. The molecule has 2 nitrogen and oxygen atoms in total. The molecule has 116 valence electrons. The maximum absolute atomic E-state index is 14.4. The lowest BCUT2D eigenvalue weighted by Gasteiger charge is -2.21. The average molecular weight is 294 g/mol. The molecule has 1 heterocycles. The highest BCUT2D eigenvalue weighted by molar-refractivity contribution is 5.52. The van der Waals surface area contributed by atoms with Crippen molar-refractivity contribution in [2.24, 2.45) is 11.8 Å². The summed E-state index contributed by atoms with van der Waals surface area (Å²) < 4.78 is 28.7. The number of anilines is 1. The summed E-state index contributed by atoms with van der Waals surface area (Å²) in [6.07, 6.45) is 3.69. The van der Waals surface area contributed by atoms with E-state index in [-0.39, 0.29) is 5.69 Å². The van der Waals surface area contributed by atoms with Crippen LogP contribution in [0.25, 0.3) is 0 Å². The van der Waals surface area contributed by atoms with Gasteiger partial charge < -0.3 is 10.2 Å². The number of nitrogens with zero attached hydrogens (tertiary/aromatic N) is 1. The van der Waals surface area contributed by atoms with Crippen LogP contribution in [-0.4, -0.2) is 19.1 Å². The van der Waals surface area contributed by atoms with E-state index in [1.807, 2.05) is 18.7 Å². The van der Waals surface area contributed by atoms with E-state index in [2.05, 4.69) is 5.32 Å². The predicted octanol–water partition coefficient (Wildman–Crippen LogP) is 3.70. The molecule has 2 atom stereocenters. The number of fused-ring (bicyclic) bond motifs is 1. The molecule has 2 aliphatic rings. The lowest BCUT2D eigenvalue weighted by Crippen LogP contribution is -2.24. The molecular weight excluding hydrogens is 270 g/mol. The third kappa shape index (κ3) is 3.05. The molecule has 1 N–H and O–H groups in total. The second-order valence-electron chi connectivity index (χ2n) is 6.80. The topological polar surface area (TPSA) is 15.3 Å². The molecule has 1 aliphatic carbocycles. The van der Waals surface area contributed by atoms with Crippen molar-refractivity contribution in [3.8, 4) is 0 Å². The van der Waals surface area contributed by atoms with Gasteiger partial charge in [0.1, 0.15) is 17.3 Å². The zero-order chi connectivity index (χ0) is 15.0. The molecule has 1 saturated heterocycles. The summed E-state index contributed by atoms with van der Waals surface area (Å²) in [7, 11) is 0. The fourth-order valence-corrected chi connectivity index (χ4v) is 3.76. The summed E-state index contributed by atoms with van der Waals surface area (Å²) in [5.41, 5.74) is 0.847. The number of halogens is 2. The minimum atomic E-state index is -0.421. The maximum atomic E-state index is 14.4. The fraction of sp³-hybridized carbons (Fsp3) is 0.647. The van der Waals surface area contributed by atoms with E-state index in [1.165, 1.54) is 31.4 Å². The van der Waals surface area contributed by atoms with E-state index in [9.17, 15) is 8.78 Å². The van der Waals surface area contributed by atoms with Crippen molar-refractivity contribution in [2.45, 2.75) is 45.7 Å². The average Bonchev–Trinajstić information content (AvgIpc) is 2.96. The Kier molecular flexibility index (Phi) is 4.16. The minimum Gasteiger partial charge on any atom is -0.366 e. The van der Waals surface area contributed by atoms with Crippen LogP contribution in [0.4, 0.5) is 14.5 Å². The highest BCUT2D eigenvalue weighted by Crippen LogP contribution is 2.40. The van der Waals surface area contributed by atoms with Gasteiger partial charge in [0.15, 0.2) is 0 Å². The zero-order valence-electron chi connectivity index (χ0n) is 12.8. The summed E-state index contributed by atoms with van der Waals surface area (Å²) >= 11 is 0. The van der Waals surface area contributed by atoms with E-state index < -0.39 is 11.6 Å². The van der Waals surface area contributed by atoms with Gasteiger partial charge in [0, 0.05) is 25.7 Å². The summed E-state index contributed by atoms with van der Waals surface area (Å²) in [5.74, 6) is 0.420. The Balaban J connectivity index is 1.77. The Morgan fingerprint density at radius 2 is 1.71 bits per heavy atom. The molecule has 4 heteroatoms. The van der Waals surface area contributed by atoms with E-state index in [4.69, 9.17) is 0 Å². The standard InChI is InChI=1S/C17H24F2N2/c1-11(2)20-8-12-6-15(18)17(16(19)7-12)21-9-13-4-3-5-14(13)10-21/h6-7,11,13-14,20H,3-5,8-10H2,1-2H3. The molecule has 0 radical (unpaired) electrons. The van der Waals surface area contributed by atoms with Crippen molar-refractivity contribution in [1.82, 2.24) is 5.32 Å². The van der Waals surface area contributed by atoms with Gasteiger partial charge in [0.25, 0.3) is 0 Å². The Morgan fingerprint density at radius 1 is 1.14 bits per heavy atom. The molecule has 0 aromatic heterocycles. The first-order chi connectivity index (χ1) is 10.0. The quantitative estimate of drug-likeness (QED) is 0.911. The van der Waals surface area contributed by atoms with Crippen molar-refractivity contribution in [1.29, 1.82) is 0 Å². The maximum Gasteiger partial charge on any atom is 0.149 e. The van der Waals surface area contributed by atoms with E-state index >= 15 is 0 Å². The highest BCUT2D eigenvalue weighted by atomic mass is 19.1. The van der Waals surface area contributed by atoms with Gasteiger partial charge in [-0.05, 0) is 42.4 Å². The molecule has 0 spiro atoms. The molecule has 1 saturated carbocycles. The van der Waals surface area contributed by atoms with Gasteiger partial charge >= 0.3 is 0 Å². The van der Waals surface area contributed by atoms with Crippen molar-refractivity contribution in [2.75, 3.05) is 18.0 Å². The molecule has 3 rings (SSSR count). The Labute approximate surface area is 125 Å². The first-order valence-electron chi connectivity index (χ1n) is 8.01. The molecule has 1 aliphatic heterocycles. The van der Waals surface area contributed by atoms with Crippen molar-refractivity contribution < 1.29 is 8.78 Å². The van der Waals surface area contributed by atoms with Crippen LogP contribution in [0.2, 0.25) is 0 Å². The number of benzene rings is 1. The lowest BCUT2D eigenvalue weighted by molar-refractivity contribution is 0.494. The minimum absolute atomic E-state index is 0.178. The smallest absolute Gasteiger partial charge is 0.149 e. The third-order valence-electron chi connectivity index (χ3n) is 4.83. The third-order valence-corrected chi connectivity index (χ3v) is 4.83. The van der Waals surface area contributed by atoms with Crippen LogP contribution in [0.5, 0.6) is 0 Å². The predicted molar refractivity (Wildman–Crippen MR) is 81.4 cm³/mol. The van der Waals surface area contributed by atoms with E-state index in [0.717, 1.165) is 13.1 Å². The van der Waals surface area contributed by atoms with Gasteiger partial charge in [-0.2, -0.15) is 0 Å². The normalized spacial score (nSPS) is 24.9. The second-order valence-corrected chi connectivity index (χ2v) is 6.80. The van der Waals surface area contributed by atoms with Crippen molar-refractivity contribution in [3.05, 3.63) is 29.3 Å². The van der Waals surface area contributed by atoms with Crippen LogP contribution in [0, 0.1) is 23.5 Å². The molecule has 0 amide bonds. The Bertz CT molecular complexity index is 481. The van der Waals surface area contributed by atoms with E-state index in [1.54, 1.807) is 0 Å². The van der Waals surface area contributed by atoms with Crippen molar-refractivity contribution >= 4 is 5.69 Å². The van der Waals surface area contributed by atoms with Gasteiger partial charge in [-0.15, -0.1) is 0 Å². The SMILES string of the molecule is CC(C)NCc1cc(F)c(N2CC3CCCC3C2)c(F)c1. The van der Waals surface area contributed by atoms with Gasteiger partial charge in [-0.3, -0.25) is 0 Å². The van der Waals surface area contributed by atoms with Crippen LogP contribution in [0.15, 0.2) is 12.1 Å². The van der Waals surface area contributed by atoms with Gasteiger partial charge in [0.05, 0.1) is 0 Å². The van der Waals surface area contributed by atoms with Crippen LogP contribution < -0.4 is 10.2 Å². The van der Waals surface area contributed by atoms with Gasteiger partial charge in [-0.1, -0.05) is 20.3 Å². The van der Waals surface area contributed by atoms with Crippen LogP contribution in [0.1, 0.15) is 38.7 Å². The fourth-order valence-electron chi connectivity index (χ4n) is 3.76. The number of hydrogen-bond donors (Lipinski definition) is 1. The molecule has 2 fully saturated rings. The summed E-state index contributed by atoms with van der Waals surface area (Å²) in [6.45, 7) is 6.15. The second kappa shape index (κ2) is 5.91. The zero-order valence-corrected chi connectivity index (χ0v) is 12.8. The number of hydrogen-bond acceptors (Lipinski definition) is 2. The summed E-state index contributed by atoms with van der Waals surface area (Å²) in [4.78, 5) is 1.92. The van der Waals surface area contributed by atoms with Crippen LogP contribution in [-0.2, 0) is 6.54 Å². The monoisotopic (exact) mass is 294 g/mol. The number of nitrogens with one attached hydrogen (secondary N) is 1. The highest BCUT2D eigenvalue weighted by Gasteiger charge is 2.37. The molecular formula is C17H24F2N2. The molecule has 2 unspecified atom stereocenters. The summed E-state index contributed by atoms with van der Waals surface area (Å²) in [5, 5.41) is 3.19. The van der Waals surface area contributed by atoms with Gasteiger partial charge in [0.2, 0.25) is 0 Å². The molecule has 21 heavy (non-hydrogen) atoms. The molecule has 0 bridgehead atoms. The number of rotatable bonds is 4. The van der Waals surface area contributed by atoms with E-state index in [0.29, 0.717) is 30.0 Å². The van der Waals surface area contributed by atoms with Crippen molar-refractivity contribution in [3.63, 3.8) is 0 Å². The first kappa shape index (κ1) is 14.8. The molecule has 1 aromatic carbocycles. The Morgan fingerprint density at radius 3 is 2.24 bits per heavy atom. The largest absolute Gasteiger partial charge is 0.366 e. The molecule has 1 aromatic rings. The lowest BCUT2D eigenvalue weighted by atomic mass is 10.0. The van der Waals surface area contributed by atoms with Crippen LogP contribution in [0.3, 0.4) is 0 Å². The van der Waals surface area contributed by atoms with Gasteiger partial charge in [-0.25, -0.2) is 8.78 Å². The van der Waals surface area contributed by atoms with Crippen LogP contribution >= 0.6 is 0 Å². The summed E-state index contributed by atoms with van der Waals surface area (Å²) in [6, 6.07) is 3.25. The first-order valence-corrected chi connectivity index (χ1v) is 8.01.